The lowest BCUT2D eigenvalue weighted by molar-refractivity contribution is 0.592. The number of benzene rings is 8. The van der Waals surface area contributed by atoms with E-state index in [1.165, 1.54) is 32.7 Å². The Balaban J connectivity index is 1.54. The predicted molar refractivity (Wildman–Crippen MR) is 189 cm³/mol. The Kier molecular flexibility index (Phi) is 6.48. The predicted octanol–water partition coefficient (Wildman–Crippen LogP) is 10.1. The molecule has 0 N–H and O–H groups in total. The Labute approximate surface area is 257 Å². The molecule has 8 rings (SSSR count). The zero-order valence-corrected chi connectivity index (χ0v) is 25.0. The third-order valence-corrected chi connectivity index (χ3v) is 11.8. The fraction of sp³-hybridized carbons (Fsp3) is 0. The molecule has 1 nitrogen and oxygen atoms in total. The summed E-state index contributed by atoms with van der Waals surface area (Å²) < 4.78 is 15.5. The van der Waals surface area contributed by atoms with Crippen LogP contribution >= 0.6 is 7.14 Å². The Morgan fingerprint density at radius 2 is 0.841 bits per heavy atom. The van der Waals surface area contributed by atoms with Gasteiger partial charge in [-0.25, -0.2) is 0 Å². The first kappa shape index (κ1) is 26.4. The van der Waals surface area contributed by atoms with Crippen LogP contribution in [0.4, 0.5) is 0 Å². The van der Waals surface area contributed by atoms with E-state index in [4.69, 9.17) is 0 Å². The highest BCUT2D eigenvalue weighted by atomic mass is 31.2. The quantitative estimate of drug-likeness (QED) is 0.146. The molecular weight excluding hydrogens is 551 g/mol. The lowest BCUT2D eigenvalue weighted by Crippen LogP contribution is -2.25. The Morgan fingerprint density at radius 3 is 1.50 bits per heavy atom. The summed E-state index contributed by atoms with van der Waals surface area (Å²) in [4.78, 5) is 0. The van der Waals surface area contributed by atoms with Crippen LogP contribution in [0, 0.1) is 0 Å². The molecular formula is C42H29OP. The summed E-state index contributed by atoms with van der Waals surface area (Å²) in [5.74, 6) is 0. The van der Waals surface area contributed by atoms with Gasteiger partial charge in [-0.1, -0.05) is 170 Å². The highest BCUT2D eigenvalue weighted by Crippen LogP contribution is 2.48. The highest BCUT2D eigenvalue weighted by molar-refractivity contribution is 7.85. The van der Waals surface area contributed by atoms with Gasteiger partial charge in [-0.3, -0.25) is 0 Å². The largest absolute Gasteiger partial charge is 0.309 e. The van der Waals surface area contributed by atoms with E-state index in [9.17, 15) is 0 Å². The molecule has 0 heterocycles. The number of fused-ring (bicyclic) bond motifs is 3. The summed E-state index contributed by atoms with van der Waals surface area (Å²) in [6, 6.07) is 60.9. The van der Waals surface area contributed by atoms with Gasteiger partial charge >= 0.3 is 0 Å². The first-order valence-corrected chi connectivity index (χ1v) is 16.7. The summed E-state index contributed by atoms with van der Waals surface area (Å²) in [7, 11) is -3.18. The third kappa shape index (κ3) is 4.21. The number of rotatable bonds is 5. The second kappa shape index (κ2) is 10.8. The average Bonchev–Trinajstić information content (AvgIpc) is 3.11. The number of hydrogen-bond donors (Lipinski definition) is 0. The summed E-state index contributed by atoms with van der Waals surface area (Å²) in [5.41, 5.74) is 4.71. The molecule has 0 radical (unpaired) electrons. The molecule has 0 atom stereocenters. The molecule has 0 aliphatic rings. The van der Waals surface area contributed by atoms with Crippen molar-refractivity contribution in [1.29, 1.82) is 0 Å². The van der Waals surface area contributed by atoms with Crippen LogP contribution in [0.25, 0.3) is 54.6 Å². The molecule has 2 heteroatoms. The van der Waals surface area contributed by atoms with Crippen molar-refractivity contribution in [3.05, 3.63) is 176 Å². The SMILES string of the molecule is O=P(c1ccccc1)(c1ccccc1)c1ccc2c(-c3cccc4ccccc34)c3ccccc3c(-c3ccccc3)c2c1. The second-order valence-electron chi connectivity index (χ2n) is 11.2. The molecule has 0 aliphatic heterocycles. The van der Waals surface area contributed by atoms with Crippen molar-refractivity contribution in [2.75, 3.05) is 0 Å². The van der Waals surface area contributed by atoms with Gasteiger partial charge in [-0.15, -0.1) is 0 Å². The van der Waals surface area contributed by atoms with Crippen molar-refractivity contribution < 1.29 is 4.57 Å². The van der Waals surface area contributed by atoms with Gasteiger partial charge in [-0.2, -0.15) is 0 Å². The number of hydrogen-bond acceptors (Lipinski definition) is 1. The van der Waals surface area contributed by atoms with Crippen molar-refractivity contribution in [3.63, 3.8) is 0 Å². The fourth-order valence-corrected chi connectivity index (χ4v) is 9.41. The maximum absolute atomic E-state index is 15.5. The molecule has 0 aromatic heterocycles. The molecule has 208 valence electrons. The van der Waals surface area contributed by atoms with E-state index in [2.05, 4.69) is 115 Å². The Morgan fingerprint density at radius 1 is 0.341 bits per heavy atom. The van der Waals surface area contributed by atoms with E-state index in [0.717, 1.165) is 37.8 Å². The normalized spacial score (nSPS) is 11.7. The van der Waals surface area contributed by atoms with Crippen molar-refractivity contribution in [1.82, 2.24) is 0 Å². The van der Waals surface area contributed by atoms with Crippen LogP contribution in [0.2, 0.25) is 0 Å². The van der Waals surface area contributed by atoms with Crippen molar-refractivity contribution >= 4 is 55.4 Å². The monoisotopic (exact) mass is 580 g/mol. The van der Waals surface area contributed by atoms with Gasteiger partial charge in [0.05, 0.1) is 0 Å². The van der Waals surface area contributed by atoms with Crippen LogP contribution in [0.5, 0.6) is 0 Å². The highest BCUT2D eigenvalue weighted by Gasteiger charge is 2.30. The van der Waals surface area contributed by atoms with Gasteiger partial charge < -0.3 is 4.57 Å². The van der Waals surface area contributed by atoms with Crippen LogP contribution in [-0.4, -0.2) is 0 Å². The third-order valence-electron chi connectivity index (χ3n) is 8.73. The molecule has 0 aliphatic carbocycles. The van der Waals surface area contributed by atoms with Crippen LogP contribution in [-0.2, 0) is 4.57 Å². The van der Waals surface area contributed by atoms with Crippen LogP contribution in [0.15, 0.2) is 176 Å². The molecule has 8 aromatic carbocycles. The molecule has 0 saturated heterocycles. The topological polar surface area (TPSA) is 17.1 Å². The lowest BCUT2D eigenvalue weighted by atomic mass is 9.85. The van der Waals surface area contributed by atoms with Gasteiger partial charge in [0.2, 0.25) is 0 Å². The molecule has 0 fully saturated rings. The molecule has 0 saturated carbocycles. The van der Waals surface area contributed by atoms with E-state index in [1.54, 1.807) is 0 Å². The zero-order valence-electron chi connectivity index (χ0n) is 24.1. The van der Waals surface area contributed by atoms with Crippen molar-refractivity contribution in [2.45, 2.75) is 0 Å². The van der Waals surface area contributed by atoms with Crippen LogP contribution in [0.3, 0.4) is 0 Å². The van der Waals surface area contributed by atoms with Crippen molar-refractivity contribution in [3.8, 4) is 22.3 Å². The minimum absolute atomic E-state index is 0.832. The van der Waals surface area contributed by atoms with E-state index in [-0.39, 0.29) is 0 Å². The van der Waals surface area contributed by atoms with Gasteiger partial charge in [0.1, 0.15) is 0 Å². The molecule has 0 bridgehead atoms. The first-order valence-electron chi connectivity index (χ1n) is 15.0. The minimum Gasteiger partial charge on any atom is -0.309 e. The molecule has 0 unspecified atom stereocenters. The molecule has 44 heavy (non-hydrogen) atoms. The van der Waals surface area contributed by atoms with E-state index >= 15 is 4.57 Å². The van der Waals surface area contributed by atoms with Gasteiger partial charge in [0.15, 0.2) is 7.14 Å². The molecule has 0 spiro atoms. The maximum Gasteiger partial charge on any atom is 0.171 e. The van der Waals surface area contributed by atoms with Crippen LogP contribution < -0.4 is 15.9 Å². The first-order chi connectivity index (χ1) is 21.7. The van der Waals surface area contributed by atoms with Crippen molar-refractivity contribution in [2.24, 2.45) is 0 Å². The van der Waals surface area contributed by atoms with E-state index in [0.29, 0.717) is 0 Å². The van der Waals surface area contributed by atoms with Gasteiger partial charge in [-0.05, 0) is 60.6 Å². The van der Waals surface area contributed by atoms with E-state index in [1.807, 2.05) is 60.7 Å². The van der Waals surface area contributed by atoms with Gasteiger partial charge in [0.25, 0.3) is 0 Å². The van der Waals surface area contributed by atoms with Crippen LogP contribution in [0.1, 0.15) is 0 Å². The Bertz CT molecular complexity index is 2290. The molecule has 0 amide bonds. The average molecular weight is 581 g/mol. The van der Waals surface area contributed by atoms with E-state index < -0.39 is 7.14 Å². The summed E-state index contributed by atoms with van der Waals surface area (Å²) >= 11 is 0. The molecule has 8 aromatic rings. The summed E-state index contributed by atoms with van der Waals surface area (Å²) in [6.45, 7) is 0. The summed E-state index contributed by atoms with van der Waals surface area (Å²) in [6.07, 6.45) is 0. The lowest BCUT2D eigenvalue weighted by Gasteiger charge is -2.23. The Hall–Kier alpha value is -5.23. The van der Waals surface area contributed by atoms with Gasteiger partial charge in [0, 0.05) is 15.9 Å². The smallest absolute Gasteiger partial charge is 0.171 e. The standard InChI is InChI=1S/C42H29OP/c43-44(32-19-6-2-7-20-32,33-21-8-3-9-22-33)34-27-28-39-40(29-34)41(31-16-4-1-5-17-31)37-24-12-13-25-38(37)42(39)36-26-14-18-30-15-10-11-23-35(30)36/h1-29H. The fourth-order valence-electron chi connectivity index (χ4n) is 6.73. The maximum atomic E-state index is 15.5. The second-order valence-corrected chi connectivity index (χ2v) is 14.0. The summed E-state index contributed by atoms with van der Waals surface area (Å²) in [5, 5.41) is 9.57. The zero-order chi connectivity index (χ0) is 29.5. The minimum atomic E-state index is -3.18.